The predicted molar refractivity (Wildman–Crippen MR) is 60.5 cm³/mol. The van der Waals surface area contributed by atoms with E-state index in [1.165, 1.54) is 0 Å². The smallest absolute Gasteiger partial charge is 0.152 e. The third-order valence-electron chi connectivity index (χ3n) is 2.00. The summed E-state index contributed by atoms with van der Waals surface area (Å²) < 4.78 is 5.67. The van der Waals surface area contributed by atoms with Gasteiger partial charge in [0.25, 0.3) is 0 Å². The largest absolute Gasteiger partial charge is 0.455 e. The maximum absolute atomic E-state index is 5.67. The number of para-hydroxylation sites is 1. The molecule has 3 heteroatoms. The Balaban J connectivity index is 2.19. The highest BCUT2D eigenvalue weighted by Crippen LogP contribution is 2.16. The summed E-state index contributed by atoms with van der Waals surface area (Å²) in [4.78, 5) is 0. The Morgan fingerprint density at radius 3 is 2.73 bits per heavy atom. The van der Waals surface area contributed by atoms with Crippen molar-refractivity contribution < 1.29 is 4.74 Å². The maximum Gasteiger partial charge on any atom is 0.152 e. The quantitative estimate of drug-likeness (QED) is 0.795. The van der Waals surface area contributed by atoms with Gasteiger partial charge in [0.05, 0.1) is 5.70 Å². The van der Waals surface area contributed by atoms with Crippen molar-refractivity contribution in [1.82, 2.24) is 5.43 Å². The molecule has 15 heavy (non-hydrogen) atoms. The van der Waals surface area contributed by atoms with E-state index >= 15 is 0 Å². The van der Waals surface area contributed by atoms with Crippen molar-refractivity contribution in [2.24, 2.45) is 5.10 Å². The molecule has 0 saturated carbocycles. The zero-order valence-electron chi connectivity index (χ0n) is 8.53. The van der Waals surface area contributed by atoms with Gasteiger partial charge in [-0.3, -0.25) is 5.43 Å². The fourth-order valence-corrected chi connectivity index (χ4v) is 1.22. The minimum Gasteiger partial charge on any atom is -0.455 e. The SMILES string of the molecule is C=C1C=C(Oc2ccccc2)C(C)=NN1. The van der Waals surface area contributed by atoms with E-state index in [0.29, 0.717) is 0 Å². The topological polar surface area (TPSA) is 33.6 Å². The van der Waals surface area contributed by atoms with Crippen LogP contribution in [0.4, 0.5) is 0 Å². The molecule has 0 fully saturated rings. The molecule has 0 radical (unpaired) electrons. The predicted octanol–water partition coefficient (Wildman–Crippen LogP) is 2.44. The highest BCUT2D eigenvalue weighted by molar-refractivity contribution is 5.97. The molecule has 1 aromatic carbocycles. The van der Waals surface area contributed by atoms with Gasteiger partial charge in [-0.15, -0.1) is 0 Å². The lowest BCUT2D eigenvalue weighted by molar-refractivity contribution is 0.449. The van der Waals surface area contributed by atoms with Crippen LogP contribution >= 0.6 is 0 Å². The highest BCUT2D eigenvalue weighted by Gasteiger charge is 2.09. The van der Waals surface area contributed by atoms with Gasteiger partial charge >= 0.3 is 0 Å². The molecule has 0 saturated heterocycles. The summed E-state index contributed by atoms with van der Waals surface area (Å²) >= 11 is 0. The molecule has 1 aromatic rings. The molecule has 0 bridgehead atoms. The van der Waals surface area contributed by atoms with Crippen LogP contribution in [0, 0.1) is 0 Å². The normalized spacial score (nSPS) is 15.1. The van der Waals surface area contributed by atoms with Crippen molar-refractivity contribution in [1.29, 1.82) is 0 Å². The standard InChI is InChI=1S/C12H12N2O/c1-9-8-12(10(2)14-13-9)15-11-6-4-3-5-7-11/h3-8,13H,1H2,2H3. The molecule has 0 unspecified atom stereocenters. The lowest BCUT2D eigenvalue weighted by Gasteiger charge is -2.14. The Morgan fingerprint density at radius 1 is 1.27 bits per heavy atom. The second kappa shape index (κ2) is 4.00. The summed E-state index contributed by atoms with van der Waals surface area (Å²) in [5.74, 6) is 1.53. The third kappa shape index (κ3) is 2.26. The van der Waals surface area contributed by atoms with E-state index in [9.17, 15) is 0 Å². The number of nitrogens with one attached hydrogen (secondary N) is 1. The summed E-state index contributed by atoms with van der Waals surface area (Å²) in [5.41, 5.74) is 4.32. The van der Waals surface area contributed by atoms with Gasteiger partial charge in [-0.05, 0) is 19.1 Å². The Kier molecular flexibility index (Phi) is 2.54. The summed E-state index contributed by atoms with van der Waals surface area (Å²) in [5, 5.41) is 4.06. The van der Waals surface area contributed by atoms with Crippen molar-refractivity contribution in [3.8, 4) is 5.75 Å². The molecular weight excluding hydrogens is 188 g/mol. The number of rotatable bonds is 2. The molecule has 0 aromatic heterocycles. The molecule has 0 spiro atoms. The second-order valence-corrected chi connectivity index (χ2v) is 3.26. The van der Waals surface area contributed by atoms with Gasteiger partial charge in [-0.2, -0.15) is 5.10 Å². The van der Waals surface area contributed by atoms with E-state index in [-0.39, 0.29) is 0 Å². The van der Waals surface area contributed by atoms with E-state index in [2.05, 4.69) is 17.1 Å². The number of benzene rings is 1. The molecule has 1 N–H and O–H groups in total. The van der Waals surface area contributed by atoms with Crippen molar-refractivity contribution >= 4 is 5.71 Å². The van der Waals surface area contributed by atoms with Gasteiger partial charge in [0.2, 0.25) is 0 Å². The first-order valence-electron chi connectivity index (χ1n) is 4.70. The summed E-state index contributed by atoms with van der Waals surface area (Å²) in [6, 6.07) is 9.61. The first-order valence-corrected chi connectivity index (χ1v) is 4.70. The Bertz CT molecular complexity index is 432. The maximum atomic E-state index is 5.67. The highest BCUT2D eigenvalue weighted by atomic mass is 16.5. The average molecular weight is 200 g/mol. The number of nitrogens with zero attached hydrogens (tertiary/aromatic N) is 1. The van der Waals surface area contributed by atoms with Crippen LogP contribution in [0.5, 0.6) is 5.75 Å². The zero-order chi connectivity index (χ0) is 10.7. The van der Waals surface area contributed by atoms with Gasteiger partial charge in [0.15, 0.2) is 5.76 Å². The first-order chi connectivity index (χ1) is 7.25. The molecule has 2 rings (SSSR count). The van der Waals surface area contributed by atoms with Crippen LogP contribution in [-0.2, 0) is 0 Å². The van der Waals surface area contributed by atoms with Crippen LogP contribution in [0.2, 0.25) is 0 Å². The number of hydrogen-bond acceptors (Lipinski definition) is 3. The fourth-order valence-electron chi connectivity index (χ4n) is 1.22. The molecule has 0 atom stereocenters. The lowest BCUT2D eigenvalue weighted by atomic mass is 10.2. The van der Waals surface area contributed by atoms with Crippen LogP contribution in [0.1, 0.15) is 6.92 Å². The van der Waals surface area contributed by atoms with E-state index in [1.54, 1.807) is 0 Å². The summed E-state index contributed by atoms with van der Waals surface area (Å²) in [6.45, 7) is 5.65. The average Bonchev–Trinajstić information content (AvgIpc) is 2.25. The molecule has 0 aliphatic carbocycles. The number of hydrazone groups is 1. The zero-order valence-corrected chi connectivity index (χ0v) is 8.53. The fraction of sp³-hybridized carbons (Fsp3) is 0.0833. The minimum absolute atomic E-state index is 0.727. The summed E-state index contributed by atoms with van der Waals surface area (Å²) in [7, 11) is 0. The van der Waals surface area contributed by atoms with Crippen LogP contribution in [0.3, 0.4) is 0 Å². The minimum atomic E-state index is 0.727. The third-order valence-corrected chi connectivity index (χ3v) is 2.00. The van der Waals surface area contributed by atoms with Crippen molar-refractivity contribution in [2.45, 2.75) is 6.92 Å². The Hall–Kier alpha value is -2.03. The molecule has 3 nitrogen and oxygen atoms in total. The lowest BCUT2D eigenvalue weighted by Crippen LogP contribution is -2.17. The Labute approximate surface area is 88.8 Å². The summed E-state index contributed by atoms with van der Waals surface area (Å²) in [6.07, 6.45) is 1.83. The molecule has 0 amide bonds. The van der Waals surface area contributed by atoms with Gasteiger partial charge in [-0.25, -0.2) is 0 Å². The number of hydrogen-bond donors (Lipinski definition) is 1. The Morgan fingerprint density at radius 2 is 2.00 bits per heavy atom. The van der Waals surface area contributed by atoms with Gasteiger partial charge < -0.3 is 4.74 Å². The van der Waals surface area contributed by atoms with Crippen molar-refractivity contribution in [2.75, 3.05) is 0 Å². The molecule has 1 aliphatic rings. The van der Waals surface area contributed by atoms with E-state index in [0.717, 1.165) is 22.9 Å². The van der Waals surface area contributed by atoms with Gasteiger partial charge in [0.1, 0.15) is 11.5 Å². The van der Waals surface area contributed by atoms with E-state index in [4.69, 9.17) is 4.74 Å². The van der Waals surface area contributed by atoms with Crippen LogP contribution in [-0.4, -0.2) is 5.71 Å². The van der Waals surface area contributed by atoms with Crippen molar-refractivity contribution in [3.63, 3.8) is 0 Å². The molecule has 1 aliphatic heterocycles. The van der Waals surface area contributed by atoms with E-state index in [1.807, 2.05) is 43.3 Å². The van der Waals surface area contributed by atoms with Crippen LogP contribution in [0.25, 0.3) is 0 Å². The van der Waals surface area contributed by atoms with E-state index < -0.39 is 0 Å². The second-order valence-electron chi connectivity index (χ2n) is 3.26. The molecule has 76 valence electrons. The monoisotopic (exact) mass is 200 g/mol. The molecular formula is C12H12N2O. The van der Waals surface area contributed by atoms with Gasteiger partial charge in [0, 0.05) is 6.08 Å². The first kappa shape index (κ1) is 9.52. The van der Waals surface area contributed by atoms with Crippen molar-refractivity contribution in [3.05, 3.63) is 54.4 Å². The van der Waals surface area contributed by atoms with Crippen LogP contribution in [0.15, 0.2) is 59.5 Å². The number of ether oxygens (including phenoxy) is 1. The molecule has 1 heterocycles. The van der Waals surface area contributed by atoms with Crippen LogP contribution < -0.4 is 10.2 Å². The number of allylic oxidation sites excluding steroid dienone is 2. The van der Waals surface area contributed by atoms with Gasteiger partial charge in [-0.1, -0.05) is 24.8 Å².